The van der Waals surface area contributed by atoms with Crippen LogP contribution in [0.4, 0.5) is 11.5 Å². The van der Waals surface area contributed by atoms with E-state index in [2.05, 4.69) is 15.3 Å². The zero-order valence-electron chi connectivity index (χ0n) is 12.3. The first kappa shape index (κ1) is 15.3. The predicted molar refractivity (Wildman–Crippen MR) is 85.4 cm³/mol. The van der Waals surface area contributed by atoms with Gasteiger partial charge in [0.2, 0.25) is 5.91 Å². The Kier molecular flexibility index (Phi) is 4.80. The molecular formula is C15H18N4OS. The predicted octanol–water partition coefficient (Wildman–Crippen LogP) is 3.29. The Balaban J connectivity index is 2.16. The van der Waals surface area contributed by atoms with Crippen molar-refractivity contribution in [2.24, 2.45) is 0 Å². The van der Waals surface area contributed by atoms with E-state index >= 15 is 0 Å². The lowest BCUT2D eigenvalue weighted by molar-refractivity contribution is -0.114. The molecule has 0 aliphatic rings. The highest BCUT2D eigenvalue weighted by atomic mass is 32.2. The highest BCUT2D eigenvalue weighted by molar-refractivity contribution is 7.99. The van der Waals surface area contributed by atoms with E-state index in [9.17, 15) is 4.79 Å². The van der Waals surface area contributed by atoms with Crippen molar-refractivity contribution in [3.8, 4) is 0 Å². The van der Waals surface area contributed by atoms with E-state index in [1.54, 1.807) is 6.07 Å². The molecule has 2 rings (SSSR count). The van der Waals surface area contributed by atoms with Gasteiger partial charge < -0.3 is 11.1 Å². The molecule has 2 aromatic rings. The Labute approximate surface area is 128 Å². The fourth-order valence-electron chi connectivity index (χ4n) is 1.70. The summed E-state index contributed by atoms with van der Waals surface area (Å²) in [6.45, 7) is 5.55. The number of hydrogen-bond donors (Lipinski definition) is 2. The molecule has 0 aliphatic heterocycles. The molecule has 1 aromatic heterocycles. The first-order valence-electron chi connectivity index (χ1n) is 6.64. The van der Waals surface area contributed by atoms with E-state index in [1.807, 2.05) is 38.1 Å². The Bertz CT molecular complexity index is 641. The third-order valence-electron chi connectivity index (χ3n) is 2.65. The molecule has 0 saturated carbocycles. The summed E-state index contributed by atoms with van der Waals surface area (Å²) in [5, 5.41) is 3.55. The third kappa shape index (κ3) is 4.46. The smallest absolute Gasteiger partial charge is 0.221 e. The van der Waals surface area contributed by atoms with Crippen molar-refractivity contribution in [1.82, 2.24) is 9.97 Å². The van der Waals surface area contributed by atoms with Gasteiger partial charge in [-0.2, -0.15) is 0 Å². The molecule has 0 unspecified atom stereocenters. The molecule has 0 bridgehead atoms. The maximum atomic E-state index is 11.0. The van der Waals surface area contributed by atoms with Crippen molar-refractivity contribution in [1.29, 1.82) is 0 Å². The molecular weight excluding hydrogens is 284 g/mol. The molecule has 3 N–H and O–H groups in total. The van der Waals surface area contributed by atoms with Gasteiger partial charge in [-0.3, -0.25) is 4.79 Å². The Morgan fingerprint density at radius 1 is 1.24 bits per heavy atom. The summed E-state index contributed by atoms with van der Waals surface area (Å²) in [7, 11) is 0. The van der Waals surface area contributed by atoms with E-state index in [0.29, 0.717) is 5.82 Å². The minimum Gasteiger partial charge on any atom is -0.384 e. The van der Waals surface area contributed by atoms with Gasteiger partial charge >= 0.3 is 0 Å². The number of nitrogens with one attached hydrogen (secondary N) is 1. The molecule has 1 amide bonds. The second-order valence-electron chi connectivity index (χ2n) is 4.95. The summed E-state index contributed by atoms with van der Waals surface area (Å²) in [5.41, 5.74) is 6.59. The normalized spacial score (nSPS) is 10.7. The fraction of sp³-hybridized carbons (Fsp3) is 0.267. The van der Waals surface area contributed by atoms with Gasteiger partial charge in [0.25, 0.3) is 0 Å². The van der Waals surface area contributed by atoms with E-state index in [0.717, 1.165) is 21.4 Å². The van der Waals surface area contributed by atoms with Crippen LogP contribution in [0.25, 0.3) is 0 Å². The lowest BCUT2D eigenvalue weighted by Crippen LogP contribution is -2.05. The molecule has 1 aromatic carbocycles. The maximum Gasteiger partial charge on any atom is 0.221 e. The molecule has 0 radical (unpaired) electrons. The van der Waals surface area contributed by atoms with Gasteiger partial charge in [0.05, 0.1) is 0 Å². The van der Waals surface area contributed by atoms with Crippen LogP contribution < -0.4 is 11.1 Å². The standard InChI is InChI=1S/C15H18N4OS/c1-9(2)15-18-13(16)8-14(19-15)21-12-6-4-11(5-7-12)17-10(3)20/h4-9H,1-3H3,(H,17,20)(H2,16,18,19). The van der Waals surface area contributed by atoms with Crippen molar-refractivity contribution in [2.75, 3.05) is 11.1 Å². The molecule has 0 spiro atoms. The highest BCUT2D eigenvalue weighted by Gasteiger charge is 2.08. The van der Waals surface area contributed by atoms with Gasteiger partial charge in [-0.05, 0) is 24.3 Å². The molecule has 0 fully saturated rings. The molecule has 0 atom stereocenters. The number of nitrogen functional groups attached to an aromatic ring is 1. The number of aromatic nitrogens is 2. The number of carbonyl (C=O) groups is 1. The van der Waals surface area contributed by atoms with Crippen molar-refractivity contribution < 1.29 is 4.79 Å². The monoisotopic (exact) mass is 302 g/mol. The van der Waals surface area contributed by atoms with E-state index in [1.165, 1.54) is 18.7 Å². The molecule has 0 saturated heterocycles. The third-order valence-corrected chi connectivity index (χ3v) is 3.58. The lowest BCUT2D eigenvalue weighted by atomic mass is 10.2. The highest BCUT2D eigenvalue weighted by Crippen LogP contribution is 2.28. The minimum atomic E-state index is -0.0828. The van der Waals surface area contributed by atoms with Crippen LogP contribution in [-0.4, -0.2) is 15.9 Å². The number of benzene rings is 1. The Hall–Kier alpha value is -2.08. The van der Waals surface area contributed by atoms with Gasteiger partial charge in [0.1, 0.15) is 16.7 Å². The quantitative estimate of drug-likeness (QED) is 0.847. The second-order valence-corrected chi connectivity index (χ2v) is 6.05. The molecule has 1 heterocycles. The summed E-state index contributed by atoms with van der Waals surface area (Å²) in [5.74, 6) is 1.37. The van der Waals surface area contributed by atoms with Gasteiger partial charge in [0.15, 0.2) is 0 Å². The van der Waals surface area contributed by atoms with Crippen LogP contribution in [0.15, 0.2) is 40.3 Å². The average Bonchev–Trinajstić information content (AvgIpc) is 2.39. The summed E-state index contributed by atoms with van der Waals surface area (Å²) < 4.78 is 0. The first-order chi connectivity index (χ1) is 9.94. The zero-order chi connectivity index (χ0) is 15.4. The molecule has 6 heteroatoms. The van der Waals surface area contributed by atoms with Crippen LogP contribution in [0, 0.1) is 0 Å². The van der Waals surface area contributed by atoms with Crippen molar-refractivity contribution in [2.45, 2.75) is 36.6 Å². The number of amides is 1. The fourth-order valence-corrected chi connectivity index (χ4v) is 2.53. The number of hydrogen-bond acceptors (Lipinski definition) is 5. The summed E-state index contributed by atoms with van der Waals surface area (Å²) in [6.07, 6.45) is 0. The van der Waals surface area contributed by atoms with Gasteiger partial charge in [0, 0.05) is 29.5 Å². The Morgan fingerprint density at radius 3 is 2.48 bits per heavy atom. The summed E-state index contributed by atoms with van der Waals surface area (Å²) in [6, 6.07) is 9.35. The minimum absolute atomic E-state index is 0.0828. The van der Waals surface area contributed by atoms with Crippen LogP contribution in [0.1, 0.15) is 32.5 Å². The SMILES string of the molecule is CC(=O)Nc1ccc(Sc2cc(N)nc(C(C)C)n2)cc1. The molecule has 5 nitrogen and oxygen atoms in total. The zero-order valence-corrected chi connectivity index (χ0v) is 13.1. The number of rotatable bonds is 4. The molecule has 0 aliphatic carbocycles. The van der Waals surface area contributed by atoms with Crippen molar-refractivity contribution in [3.05, 3.63) is 36.2 Å². The van der Waals surface area contributed by atoms with E-state index in [-0.39, 0.29) is 11.8 Å². The first-order valence-corrected chi connectivity index (χ1v) is 7.45. The van der Waals surface area contributed by atoms with Crippen LogP contribution in [0.3, 0.4) is 0 Å². The number of nitrogens with zero attached hydrogens (tertiary/aromatic N) is 2. The van der Waals surface area contributed by atoms with Crippen LogP contribution in [-0.2, 0) is 4.79 Å². The topological polar surface area (TPSA) is 80.9 Å². The largest absolute Gasteiger partial charge is 0.384 e. The van der Waals surface area contributed by atoms with E-state index in [4.69, 9.17) is 5.73 Å². The maximum absolute atomic E-state index is 11.0. The average molecular weight is 302 g/mol. The second kappa shape index (κ2) is 6.58. The number of carbonyl (C=O) groups excluding carboxylic acids is 1. The van der Waals surface area contributed by atoms with Crippen LogP contribution in [0.5, 0.6) is 0 Å². The lowest BCUT2D eigenvalue weighted by Gasteiger charge is -2.08. The number of anilines is 2. The Morgan fingerprint density at radius 2 is 1.90 bits per heavy atom. The van der Waals surface area contributed by atoms with Crippen molar-refractivity contribution in [3.63, 3.8) is 0 Å². The van der Waals surface area contributed by atoms with Crippen LogP contribution >= 0.6 is 11.8 Å². The van der Waals surface area contributed by atoms with Crippen molar-refractivity contribution >= 4 is 29.2 Å². The molecule has 110 valence electrons. The van der Waals surface area contributed by atoms with Gasteiger partial charge in [-0.1, -0.05) is 25.6 Å². The number of nitrogens with two attached hydrogens (primary N) is 1. The van der Waals surface area contributed by atoms with E-state index < -0.39 is 0 Å². The van der Waals surface area contributed by atoms with Gasteiger partial charge in [-0.25, -0.2) is 9.97 Å². The molecule has 21 heavy (non-hydrogen) atoms. The van der Waals surface area contributed by atoms with Gasteiger partial charge in [-0.15, -0.1) is 0 Å². The van der Waals surface area contributed by atoms with Crippen LogP contribution in [0.2, 0.25) is 0 Å². The summed E-state index contributed by atoms with van der Waals surface area (Å²) in [4.78, 5) is 20.7. The summed E-state index contributed by atoms with van der Waals surface area (Å²) >= 11 is 1.52.